The predicted molar refractivity (Wildman–Crippen MR) is 81.1 cm³/mol. The zero-order chi connectivity index (χ0) is 15.1. The lowest BCUT2D eigenvalue weighted by Gasteiger charge is -2.41. The van der Waals surface area contributed by atoms with Gasteiger partial charge in [-0.15, -0.1) is 11.3 Å². The molecular formula is C15H15FN4OS. The summed E-state index contributed by atoms with van der Waals surface area (Å²) in [5, 5.41) is 2.09. The predicted octanol–water partition coefficient (Wildman–Crippen LogP) is 1.70. The van der Waals surface area contributed by atoms with Crippen LogP contribution in [0.3, 0.4) is 0 Å². The van der Waals surface area contributed by atoms with Gasteiger partial charge in [-0.25, -0.2) is 14.4 Å². The van der Waals surface area contributed by atoms with Crippen molar-refractivity contribution >= 4 is 23.2 Å². The summed E-state index contributed by atoms with van der Waals surface area (Å²) in [7, 11) is 0. The Morgan fingerprint density at radius 2 is 2.09 bits per heavy atom. The first-order valence-corrected chi connectivity index (χ1v) is 8.15. The highest BCUT2D eigenvalue weighted by atomic mass is 32.1. The monoisotopic (exact) mass is 318 g/mol. The highest BCUT2D eigenvalue weighted by Crippen LogP contribution is 2.28. The van der Waals surface area contributed by atoms with E-state index < -0.39 is 5.82 Å². The number of rotatable bonds is 2. The van der Waals surface area contributed by atoms with Gasteiger partial charge in [-0.1, -0.05) is 0 Å². The van der Waals surface area contributed by atoms with Gasteiger partial charge in [0.2, 0.25) is 11.9 Å². The average molecular weight is 318 g/mol. The van der Waals surface area contributed by atoms with E-state index in [2.05, 4.69) is 21.4 Å². The molecule has 5 nitrogen and oxygen atoms in total. The van der Waals surface area contributed by atoms with Crippen molar-refractivity contribution in [2.75, 3.05) is 24.5 Å². The summed E-state index contributed by atoms with van der Waals surface area (Å²) >= 11 is 1.77. The lowest BCUT2D eigenvalue weighted by molar-refractivity contribution is -0.137. The summed E-state index contributed by atoms with van der Waals surface area (Å²) in [5.74, 6) is 0.241. The SMILES string of the molecule is O=C(C1CN(c2ncc(F)cn2)C1)N1CCc2sccc2C1. The molecule has 114 valence electrons. The summed E-state index contributed by atoms with van der Waals surface area (Å²) in [4.78, 5) is 25.7. The Bertz CT molecular complexity index is 696. The van der Waals surface area contributed by atoms with Crippen LogP contribution in [0.2, 0.25) is 0 Å². The minimum atomic E-state index is -0.447. The van der Waals surface area contributed by atoms with Crippen molar-refractivity contribution in [1.29, 1.82) is 0 Å². The van der Waals surface area contributed by atoms with E-state index in [1.165, 1.54) is 10.4 Å². The molecule has 22 heavy (non-hydrogen) atoms. The molecule has 0 atom stereocenters. The molecule has 4 rings (SSSR count). The zero-order valence-electron chi connectivity index (χ0n) is 11.9. The summed E-state index contributed by atoms with van der Waals surface area (Å²) in [6.45, 7) is 2.74. The summed E-state index contributed by atoms with van der Waals surface area (Å²) in [6, 6.07) is 2.11. The van der Waals surface area contributed by atoms with Gasteiger partial charge in [0.1, 0.15) is 0 Å². The van der Waals surface area contributed by atoms with E-state index in [9.17, 15) is 9.18 Å². The molecule has 0 N–H and O–H groups in total. The van der Waals surface area contributed by atoms with Crippen LogP contribution in [0.15, 0.2) is 23.8 Å². The molecule has 0 bridgehead atoms. The van der Waals surface area contributed by atoms with Crippen molar-refractivity contribution < 1.29 is 9.18 Å². The van der Waals surface area contributed by atoms with Gasteiger partial charge >= 0.3 is 0 Å². The van der Waals surface area contributed by atoms with E-state index in [0.717, 1.165) is 31.9 Å². The molecule has 0 spiro atoms. The number of hydrogen-bond donors (Lipinski definition) is 0. The molecule has 1 amide bonds. The third kappa shape index (κ3) is 2.35. The summed E-state index contributed by atoms with van der Waals surface area (Å²) < 4.78 is 12.8. The van der Waals surface area contributed by atoms with Crippen LogP contribution in [-0.4, -0.2) is 40.4 Å². The Morgan fingerprint density at radius 1 is 1.32 bits per heavy atom. The molecule has 2 aliphatic heterocycles. The van der Waals surface area contributed by atoms with Crippen molar-refractivity contribution in [3.63, 3.8) is 0 Å². The van der Waals surface area contributed by atoms with Gasteiger partial charge in [0.25, 0.3) is 0 Å². The van der Waals surface area contributed by atoms with E-state index in [4.69, 9.17) is 0 Å². The summed E-state index contributed by atoms with van der Waals surface area (Å²) in [6.07, 6.45) is 3.26. The molecule has 4 heterocycles. The van der Waals surface area contributed by atoms with Crippen molar-refractivity contribution in [2.24, 2.45) is 5.92 Å². The Labute approximate surface area is 131 Å². The Morgan fingerprint density at radius 3 is 2.86 bits per heavy atom. The minimum Gasteiger partial charge on any atom is -0.339 e. The summed E-state index contributed by atoms with van der Waals surface area (Å²) in [5.41, 5.74) is 1.28. The Balaban J connectivity index is 1.37. The van der Waals surface area contributed by atoms with Gasteiger partial charge in [-0.3, -0.25) is 4.79 Å². The Hall–Kier alpha value is -2.02. The van der Waals surface area contributed by atoms with Crippen LogP contribution in [-0.2, 0) is 17.8 Å². The first kappa shape index (κ1) is 13.6. The second-order valence-electron chi connectivity index (χ2n) is 5.68. The molecule has 0 radical (unpaired) electrons. The van der Waals surface area contributed by atoms with Gasteiger partial charge in [-0.2, -0.15) is 0 Å². The molecule has 0 unspecified atom stereocenters. The van der Waals surface area contributed by atoms with Crippen molar-refractivity contribution in [3.05, 3.63) is 40.1 Å². The van der Waals surface area contributed by atoms with Crippen LogP contribution >= 0.6 is 11.3 Å². The minimum absolute atomic E-state index is 0.00570. The first-order chi connectivity index (χ1) is 10.7. The van der Waals surface area contributed by atoms with Crippen LogP contribution in [0.1, 0.15) is 10.4 Å². The number of thiophene rings is 1. The number of amides is 1. The molecule has 1 saturated heterocycles. The molecule has 2 aromatic rings. The quantitative estimate of drug-likeness (QED) is 0.846. The number of nitrogens with zero attached hydrogens (tertiary/aromatic N) is 4. The largest absolute Gasteiger partial charge is 0.339 e. The standard InChI is InChI=1S/C15H15FN4OS/c16-12-5-17-15(18-6-12)20-8-11(9-20)14(21)19-3-1-13-10(7-19)2-4-22-13/h2,4-6,11H,1,3,7-9H2. The maximum absolute atomic E-state index is 12.8. The molecular weight excluding hydrogens is 303 g/mol. The second-order valence-corrected chi connectivity index (χ2v) is 6.68. The maximum Gasteiger partial charge on any atom is 0.229 e. The molecule has 0 aliphatic carbocycles. The van der Waals surface area contributed by atoms with Crippen LogP contribution in [0.25, 0.3) is 0 Å². The Kier molecular flexibility index (Phi) is 3.29. The fourth-order valence-corrected chi connectivity index (χ4v) is 3.85. The molecule has 0 aromatic carbocycles. The van der Waals surface area contributed by atoms with E-state index in [-0.39, 0.29) is 11.8 Å². The first-order valence-electron chi connectivity index (χ1n) is 7.27. The van der Waals surface area contributed by atoms with E-state index in [1.807, 2.05) is 9.80 Å². The van der Waals surface area contributed by atoms with Crippen LogP contribution < -0.4 is 4.90 Å². The molecule has 7 heteroatoms. The topological polar surface area (TPSA) is 49.3 Å². The number of fused-ring (bicyclic) bond motifs is 1. The van der Waals surface area contributed by atoms with Crippen molar-refractivity contribution in [1.82, 2.24) is 14.9 Å². The van der Waals surface area contributed by atoms with Crippen molar-refractivity contribution in [3.8, 4) is 0 Å². The number of halogens is 1. The molecule has 2 aromatic heterocycles. The fraction of sp³-hybridized carbons (Fsp3) is 0.400. The van der Waals surface area contributed by atoms with E-state index in [1.54, 1.807) is 11.3 Å². The van der Waals surface area contributed by atoms with Crippen LogP contribution in [0.5, 0.6) is 0 Å². The molecule has 1 fully saturated rings. The highest BCUT2D eigenvalue weighted by molar-refractivity contribution is 7.10. The number of carbonyl (C=O) groups excluding carboxylic acids is 1. The van der Waals surface area contributed by atoms with Gasteiger partial charge in [0, 0.05) is 31.1 Å². The number of anilines is 1. The number of carbonyl (C=O) groups is 1. The zero-order valence-corrected chi connectivity index (χ0v) is 12.7. The van der Waals surface area contributed by atoms with Gasteiger partial charge in [0.15, 0.2) is 5.82 Å². The maximum atomic E-state index is 12.8. The highest BCUT2D eigenvalue weighted by Gasteiger charge is 2.37. The second kappa shape index (κ2) is 5.31. The molecule has 2 aliphatic rings. The van der Waals surface area contributed by atoms with Gasteiger partial charge in [0.05, 0.1) is 18.3 Å². The fourth-order valence-electron chi connectivity index (χ4n) is 2.96. The normalized spacial score (nSPS) is 18.0. The third-order valence-electron chi connectivity index (χ3n) is 4.24. The lowest BCUT2D eigenvalue weighted by atomic mass is 9.97. The van der Waals surface area contributed by atoms with Crippen molar-refractivity contribution in [2.45, 2.75) is 13.0 Å². The number of hydrogen-bond acceptors (Lipinski definition) is 5. The van der Waals surface area contributed by atoms with E-state index >= 15 is 0 Å². The van der Waals surface area contributed by atoms with E-state index in [0.29, 0.717) is 19.0 Å². The van der Waals surface area contributed by atoms with Gasteiger partial charge < -0.3 is 9.80 Å². The lowest BCUT2D eigenvalue weighted by Crippen LogP contribution is -2.55. The van der Waals surface area contributed by atoms with Crippen LogP contribution in [0.4, 0.5) is 10.3 Å². The van der Waals surface area contributed by atoms with Crippen LogP contribution in [0, 0.1) is 11.7 Å². The smallest absolute Gasteiger partial charge is 0.229 e. The van der Waals surface area contributed by atoms with Gasteiger partial charge in [-0.05, 0) is 23.4 Å². The third-order valence-corrected chi connectivity index (χ3v) is 5.26. The average Bonchev–Trinajstić information content (AvgIpc) is 2.95. The molecule has 0 saturated carbocycles. The number of aromatic nitrogens is 2.